The molecule has 6 heteroatoms. The summed E-state index contributed by atoms with van der Waals surface area (Å²) in [4.78, 5) is 22.8. The minimum atomic E-state index is -0.970. The second kappa shape index (κ2) is 7.81. The smallest absolute Gasteiger partial charge is 0.320 e. The zero-order chi connectivity index (χ0) is 14.3. The van der Waals surface area contributed by atoms with Crippen molar-refractivity contribution >= 4 is 23.6 Å². The summed E-state index contributed by atoms with van der Waals surface area (Å²) < 4.78 is 0. The average molecular weight is 282 g/mol. The molecule has 0 saturated heterocycles. The van der Waals surface area contributed by atoms with Gasteiger partial charge in [0.05, 0.1) is 0 Å². The van der Waals surface area contributed by atoms with Crippen LogP contribution in [-0.2, 0) is 16.1 Å². The molecule has 4 N–H and O–H groups in total. The highest BCUT2D eigenvalue weighted by Crippen LogP contribution is 2.14. The molecule has 0 aromatic heterocycles. The highest BCUT2D eigenvalue weighted by molar-refractivity contribution is 7.98. The minimum Gasteiger partial charge on any atom is -0.480 e. The summed E-state index contributed by atoms with van der Waals surface area (Å²) >= 11 is 1.65. The van der Waals surface area contributed by atoms with Crippen LogP contribution in [0.4, 0.5) is 0 Å². The van der Waals surface area contributed by atoms with Crippen LogP contribution in [-0.4, -0.2) is 29.3 Å². The number of nitrogens with two attached hydrogens (primary N) is 1. The largest absolute Gasteiger partial charge is 0.480 e. The van der Waals surface area contributed by atoms with Gasteiger partial charge in [-0.25, -0.2) is 0 Å². The number of rotatable bonds is 8. The lowest BCUT2D eigenvalue weighted by Crippen LogP contribution is -2.37. The van der Waals surface area contributed by atoms with Crippen molar-refractivity contribution in [1.82, 2.24) is 5.32 Å². The molecule has 0 aliphatic heterocycles. The monoisotopic (exact) mass is 282 g/mol. The van der Waals surface area contributed by atoms with E-state index in [4.69, 9.17) is 10.8 Å². The molecule has 19 heavy (non-hydrogen) atoms. The standard InChI is InChI=1S/C13H18N2O3S/c1-19-10-4-2-9(3-5-10)8-15-11(13(17)18)6-7-12(14)16/h2-5,11,15H,6-8H2,1H3,(H2,14,16)(H,17,18). The summed E-state index contributed by atoms with van der Waals surface area (Å²) in [5.74, 6) is -1.46. The molecule has 5 nitrogen and oxygen atoms in total. The Morgan fingerprint density at radius 2 is 2.00 bits per heavy atom. The van der Waals surface area contributed by atoms with Gasteiger partial charge in [0.15, 0.2) is 0 Å². The summed E-state index contributed by atoms with van der Waals surface area (Å²) in [5.41, 5.74) is 6.02. The number of carboxylic acid groups (broad SMARTS) is 1. The Bertz CT molecular complexity index is 434. The van der Waals surface area contributed by atoms with E-state index in [0.717, 1.165) is 10.5 Å². The third-order valence-electron chi connectivity index (χ3n) is 2.69. The number of aliphatic carboxylic acids is 1. The number of hydrogen-bond donors (Lipinski definition) is 3. The van der Waals surface area contributed by atoms with Crippen molar-refractivity contribution in [2.24, 2.45) is 5.73 Å². The molecule has 104 valence electrons. The summed E-state index contributed by atoms with van der Waals surface area (Å²) in [5, 5.41) is 11.9. The van der Waals surface area contributed by atoms with Crippen molar-refractivity contribution in [2.45, 2.75) is 30.3 Å². The zero-order valence-corrected chi connectivity index (χ0v) is 11.6. The van der Waals surface area contributed by atoms with Gasteiger partial charge < -0.3 is 16.2 Å². The van der Waals surface area contributed by atoms with Crippen LogP contribution in [0.1, 0.15) is 18.4 Å². The Morgan fingerprint density at radius 1 is 1.37 bits per heavy atom. The van der Waals surface area contributed by atoms with E-state index in [-0.39, 0.29) is 12.8 Å². The van der Waals surface area contributed by atoms with Gasteiger partial charge in [0, 0.05) is 17.9 Å². The van der Waals surface area contributed by atoms with Crippen LogP contribution < -0.4 is 11.1 Å². The summed E-state index contributed by atoms with van der Waals surface area (Å²) in [6.45, 7) is 0.449. The molecule has 0 saturated carbocycles. The molecule has 1 atom stereocenters. The lowest BCUT2D eigenvalue weighted by atomic mass is 10.1. The summed E-state index contributed by atoms with van der Waals surface area (Å²) in [6.07, 6.45) is 2.26. The predicted octanol–water partition coefficient (Wildman–Crippen LogP) is 1.22. The molecule has 0 aliphatic rings. The molecule has 0 radical (unpaired) electrons. The van der Waals surface area contributed by atoms with Crippen LogP contribution in [0.25, 0.3) is 0 Å². The van der Waals surface area contributed by atoms with Gasteiger partial charge in [0.2, 0.25) is 5.91 Å². The molecule has 0 heterocycles. The number of thioether (sulfide) groups is 1. The second-order valence-corrected chi connectivity index (χ2v) is 5.00. The van der Waals surface area contributed by atoms with Crippen molar-refractivity contribution in [1.29, 1.82) is 0 Å². The van der Waals surface area contributed by atoms with Crippen molar-refractivity contribution in [3.8, 4) is 0 Å². The van der Waals surface area contributed by atoms with E-state index in [9.17, 15) is 9.59 Å². The van der Waals surface area contributed by atoms with Gasteiger partial charge in [-0.3, -0.25) is 9.59 Å². The molecule has 0 aliphatic carbocycles. The van der Waals surface area contributed by atoms with Crippen LogP contribution in [0.3, 0.4) is 0 Å². The Balaban J connectivity index is 2.50. The number of nitrogens with one attached hydrogen (secondary N) is 1. The SMILES string of the molecule is CSc1ccc(CNC(CCC(N)=O)C(=O)O)cc1. The molecule has 0 spiro atoms. The molecule has 1 aromatic carbocycles. The van der Waals surface area contributed by atoms with Gasteiger partial charge in [-0.2, -0.15) is 0 Å². The summed E-state index contributed by atoms with van der Waals surface area (Å²) in [7, 11) is 0. The van der Waals surface area contributed by atoms with Gasteiger partial charge in [0.1, 0.15) is 6.04 Å². The number of carboxylic acids is 1. The molecule has 1 aromatic rings. The van der Waals surface area contributed by atoms with E-state index in [2.05, 4.69) is 5.32 Å². The molecule has 1 rings (SSSR count). The molecule has 1 unspecified atom stereocenters. The van der Waals surface area contributed by atoms with Gasteiger partial charge >= 0.3 is 5.97 Å². The highest BCUT2D eigenvalue weighted by Gasteiger charge is 2.17. The Morgan fingerprint density at radius 3 is 2.47 bits per heavy atom. The molecule has 0 bridgehead atoms. The maximum atomic E-state index is 11.0. The van der Waals surface area contributed by atoms with Crippen molar-refractivity contribution in [2.75, 3.05) is 6.26 Å². The quantitative estimate of drug-likeness (QED) is 0.623. The first-order chi connectivity index (χ1) is 9.02. The average Bonchev–Trinajstić information content (AvgIpc) is 2.38. The maximum Gasteiger partial charge on any atom is 0.320 e. The van der Waals surface area contributed by atoms with Crippen molar-refractivity contribution in [3.05, 3.63) is 29.8 Å². The maximum absolute atomic E-state index is 11.0. The van der Waals surface area contributed by atoms with Crippen LogP contribution in [0, 0.1) is 0 Å². The number of benzene rings is 1. The lowest BCUT2D eigenvalue weighted by Gasteiger charge is -2.13. The van der Waals surface area contributed by atoms with E-state index >= 15 is 0 Å². The Kier molecular flexibility index (Phi) is 6.38. The first kappa shape index (κ1) is 15.5. The minimum absolute atomic E-state index is 0.0649. The zero-order valence-electron chi connectivity index (χ0n) is 10.8. The normalized spacial score (nSPS) is 12.1. The second-order valence-electron chi connectivity index (χ2n) is 4.12. The number of carbonyl (C=O) groups excluding carboxylic acids is 1. The molecule has 1 amide bonds. The lowest BCUT2D eigenvalue weighted by molar-refractivity contribution is -0.139. The third-order valence-corrected chi connectivity index (χ3v) is 3.43. The van der Waals surface area contributed by atoms with E-state index in [0.29, 0.717) is 6.54 Å². The van der Waals surface area contributed by atoms with Crippen LogP contribution in [0.15, 0.2) is 29.2 Å². The first-order valence-corrected chi connectivity index (χ1v) is 7.13. The third kappa shape index (κ3) is 5.76. The van der Waals surface area contributed by atoms with Crippen LogP contribution in [0.2, 0.25) is 0 Å². The number of carbonyl (C=O) groups is 2. The Labute approximate surface area is 116 Å². The number of primary amides is 1. The van der Waals surface area contributed by atoms with E-state index in [1.807, 2.05) is 30.5 Å². The van der Waals surface area contributed by atoms with Crippen LogP contribution in [0.5, 0.6) is 0 Å². The van der Waals surface area contributed by atoms with Gasteiger partial charge in [0.25, 0.3) is 0 Å². The fourth-order valence-electron chi connectivity index (χ4n) is 1.58. The fraction of sp³-hybridized carbons (Fsp3) is 0.385. The summed E-state index contributed by atoms with van der Waals surface area (Å²) in [6, 6.07) is 7.12. The van der Waals surface area contributed by atoms with Crippen molar-refractivity contribution in [3.63, 3.8) is 0 Å². The topological polar surface area (TPSA) is 92.4 Å². The van der Waals surface area contributed by atoms with Gasteiger partial charge in [-0.05, 0) is 30.4 Å². The first-order valence-electron chi connectivity index (χ1n) is 5.90. The van der Waals surface area contributed by atoms with E-state index in [1.54, 1.807) is 11.8 Å². The number of amides is 1. The fourth-order valence-corrected chi connectivity index (χ4v) is 1.99. The van der Waals surface area contributed by atoms with Crippen LogP contribution >= 0.6 is 11.8 Å². The number of hydrogen-bond acceptors (Lipinski definition) is 4. The molecular weight excluding hydrogens is 264 g/mol. The Hall–Kier alpha value is -1.53. The van der Waals surface area contributed by atoms with E-state index in [1.165, 1.54) is 0 Å². The van der Waals surface area contributed by atoms with Gasteiger partial charge in [-0.1, -0.05) is 12.1 Å². The van der Waals surface area contributed by atoms with Gasteiger partial charge in [-0.15, -0.1) is 11.8 Å². The van der Waals surface area contributed by atoms with E-state index < -0.39 is 17.9 Å². The van der Waals surface area contributed by atoms with Crippen molar-refractivity contribution < 1.29 is 14.7 Å². The molecular formula is C13H18N2O3S. The predicted molar refractivity (Wildman–Crippen MR) is 74.9 cm³/mol. The molecule has 0 fully saturated rings. The highest BCUT2D eigenvalue weighted by atomic mass is 32.2.